The summed E-state index contributed by atoms with van der Waals surface area (Å²) in [6, 6.07) is 0. The topological polar surface area (TPSA) is 304 Å². The minimum absolute atomic E-state index is 0. The molecule has 0 saturated heterocycles. The summed E-state index contributed by atoms with van der Waals surface area (Å²) in [7, 11) is 0. The molecule has 3 unspecified atom stereocenters. The number of hydrogen-bond donors (Lipinski definition) is 2. The molecule has 0 aliphatic heterocycles. The van der Waals surface area contributed by atoms with Crippen LogP contribution in [0, 0.1) is 0 Å². The fourth-order valence-corrected chi connectivity index (χ4v) is 0.717. The Hall–Kier alpha value is -1.26. The number of aliphatic hydroxyl groups excluding tert-OH is 2. The van der Waals surface area contributed by atoms with Crippen LogP contribution in [0.15, 0.2) is 0 Å². The zero-order valence-electron chi connectivity index (χ0n) is 14.8. The largest absolute Gasteiger partial charge is 3.00 e. The zero-order valence-corrected chi connectivity index (χ0v) is 19.0. The molecule has 0 aliphatic rings. The number of carboxylic acids is 6. The maximum Gasteiger partial charge on any atom is 3.00 e. The number of carboxylic acid groups (broad SMARTS) is 6. The van der Waals surface area contributed by atoms with Crippen LogP contribution in [-0.2, 0) is 62.9 Å². The van der Waals surface area contributed by atoms with E-state index in [4.69, 9.17) is 10.2 Å². The molecule has 0 fully saturated rings. The van der Waals surface area contributed by atoms with E-state index >= 15 is 0 Å². The Morgan fingerprint density at radius 3 is 0.867 bits per heavy atom. The maximum atomic E-state index is 9.95. The van der Waals surface area contributed by atoms with Gasteiger partial charge in [0.25, 0.3) is 0 Å². The molecule has 2 N–H and O–H groups in total. The number of aliphatic hydroxyl groups is 2. The van der Waals surface area contributed by atoms with Crippen LogP contribution in [0.25, 0.3) is 0 Å². The second kappa shape index (κ2) is 24.0. The van der Waals surface area contributed by atoms with Crippen molar-refractivity contribution < 1.29 is 138 Å². The predicted octanol–water partition coefficient (Wildman–Crippen LogP) is -14.9. The second-order valence-corrected chi connectivity index (χ2v) is 4.21. The molecule has 0 heterocycles. The second-order valence-electron chi connectivity index (χ2n) is 4.21. The minimum atomic E-state index is -2.21. The van der Waals surface area contributed by atoms with E-state index in [-0.39, 0.29) is 63.7 Å². The van der Waals surface area contributed by atoms with Gasteiger partial charge >= 0.3 is 63.7 Å². The van der Waals surface area contributed by atoms with Crippen LogP contribution in [0.4, 0.5) is 0 Å². The molecule has 0 aliphatic carbocycles. The van der Waals surface area contributed by atoms with Gasteiger partial charge in [-0.1, -0.05) is 6.10 Å². The Morgan fingerprint density at radius 2 is 0.800 bits per heavy atom. The third-order valence-corrected chi connectivity index (χ3v) is 1.88. The van der Waals surface area contributed by atoms with Gasteiger partial charge in [0, 0.05) is 36.7 Å². The number of aliphatic carboxylic acids is 6. The quantitative estimate of drug-likeness (QED) is 0.262. The first-order valence-corrected chi connectivity index (χ1v) is 6.35. The Balaban J connectivity index is -0.0000000686. The summed E-state index contributed by atoms with van der Waals surface area (Å²) < 4.78 is 0. The molecule has 0 amide bonds. The molecule has 0 bridgehead atoms. The number of carbonyl (C=O) groups excluding carboxylic acids is 6. The average molecular weight is 530 g/mol. The normalized spacial score (nSPS) is 11.3. The molecule has 166 valence electrons. The molecular weight excluding hydrogens is 519 g/mol. The first-order valence-electron chi connectivity index (χ1n) is 6.35. The van der Waals surface area contributed by atoms with Crippen molar-refractivity contribution >= 4 is 35.8 Å². The summed E-state index contributed by atoms with van der Waals surface area (Å²) in [5.41, 5.74) is 0. The summed E-state index contributed by atoms with van der Waals surface area (Å²) in [5, 5.41) is 83.7. The van der Waals surface area contributed by atoms with Crippen LogP contribution < -0.4 is 65.3 Å². The molecular formula is C12H11Fe2NaO15. The van der Waals surface area contributed by atoms with Crippen molar-refractivity contribution in [2.24, 2.45) is 0 Å². The average Bonchev–Trinajstić information content (AvgIpc) is 2.46. The van der Waals surface area contributed by atoms with Gasteiger partial charge in [0.1, 0.15) is 0 Å². The van der Waals surface area contributed by atoms with E-state index < -0.39 is 73.4 Å². The minimum Gasteiger partial charge on any atom is -0.847 e. The van der Waals surface area contributed by atoms with Gasteiger partial charge in [0.15, 0.2) is 0 Å². The first kappa shape index (κ1) is 42.8. The standard InChI is InChI=1S/2C4H6O5.C4H5O5.2Fe.Na/c3*5-2(4(8)9)1-3(6)7;;;/h2*2,5H,1H2,(H,6,7)(H,8,9);2H,1H2,(H,6,7)(H,8,9);;;/q;;-1;2*+3;+1/p-6. The van der Waals surface area contributed by atoms with E-state index in [9.17, 15) is 64.5 Å². The summed E-state index contributed by atoms with van der Waals surface area (Å²) in [4.78, 5) is 57.3. The van der Waals surface area contributed by atoms with Crippen molar-refractivity contribution in [3.63, 3.8) is 0 Å². The molecule has 0 saturated carbocycles. The Bertz CT molecular complexity index is 480. The predicted molar refractivity (Wildman–Crippen MR) is 59.7 cm³/mol. The Morgan fingerprint density at radius 1 is 0.567 bits per heavy atom. The van der Waals surface area contributed by atoms with Gasteiger partial charge in [-0.3, -0.25) is 0 Å². The SMILES string of the molecule is O=C([O-])CC(O)C(=O)[O-].O=C([O-])CC(O)C(=O)[O-].O=C([O-])CC([O-])C(=O)[O-].[Fe+3].[Fe+3].[Na+]. The smallest absolute Gasteiger partial charge is 0.847 e. The summed E-state index contributed by atoms with van der Waals surface area (Å²) in [6.45, 7) is 0. The molecule has 0 aromatic rings. The van der Waals surface area contributed by atoms with Crippen LogP contribution in [0.3, 0.4) is 0 Å². The maximum absolute atomic E-state index is 9.95. The van der Waals surface area contributed by atoms with Crippen molar-refractivity contribution in [2.75, 3.05) is 0 Å². The van der Waals surface area contributed by atoms with E-state index in [0.717, 1.165) is 0 Å². The van der Waals surface area contributed by atoms with Gasteiger partial charge in [0.2, 0.25) is 0 Å². The molecule has 30 heavy (non-hydrogen) atoms. The van der Waals surface area contributed by atoms with Crippen LogP contribution in [0.2, 0.25) is 0 Å². The Kier molecular flexibility index (Phi) is 34.2. The van der Waals surface area contributed by atoms with Crippen molar-refractivity contribution in [1.29, 1.82) is 0 Å². The van der Waals surface area contributed by atoms with Crippen molar-refractivity contribution in [1.82, 2.24) is 0 Å². The zero-order chi connectivity index (χ0) is 22.3. The van der Waals surface area contributed by atoms with E-state index in [1.54, 1.807) is 0 Å². The van der Waals surface area contributed by atoms with E-state index in [2.05, 4.69) is 0 Å². The molecule has 0 aromatic heterocycles. The van der Waals surface area contributed by atoms with Crippen molar-refractivity contribution in [3.05, 3.63) is 0 Å². The summed E-state index contributed by atoms with van der Waals surface area (Å²) >= 11 is 0. The molecule has 15 nitrogen and oxygen atoms in total. The first-order chi connectivity index (χ1) is 12.1. The van der Waals surface area contributed by atoms with Crippen LogP contribution in [-0.4, -0.2) is 64.3 Å². The van der Waals surface area contributed by atoms with E-state index in [0.29, 0.717) is 0 Å². The molecule has 0 spiro atoms. The van der Waals surface area contributed by atoms with Gasteiger partial charge in [-0.15, -0.1) is 0 Å². The molecule has 0 rings (SSSR count). The number of carbonyl (C=O) groups is 6. The molecule has 3 atom stereocenters. The summed E-state index contributed by atoms with van der Waals surface area (Å²) in [5.74, 6) is -10.4. The number of hydrogen-bond acceptors (Lipinski definition) is 15. The molecule has 0 aromatic carbocycles. The third-order valence-electron chi connectivity index (χ3n) is 1.88. The Labute approximate surface area is 210 Å². The van der Waals surface area contributed by atoms with E-state index in [1.807, 2.05) is 0 Å². The van der Waals surface area contributed by atoms with Crippen LogP contribution in [0.1, 0.15) is 19.3 Å². The molecule has 2 radical (unpaired) electrons. The number of rotatable bonds is 9. The van der Waals surface area contributed by atoms with Gasteiger partial charge < -0.3 is 74.7 Å². The fraction of sp³-hybridized carbons (Fsp3) is 0.500. The van der Waals surface area contributed by atoms with Crippen molar-refractivity contribution in [2.45, 2.75) is 37.6 Å². The molecule has 18 heteroatoms. The van der Waals surface area contributed by atoms with Gasteiger partial charge in [-0.05, 0) is 6.42 Å². The van der Waals surface area contributed by atoms with Crippen LogP contribution in [0.5, 0.6) is 0 Å². The monoisotopic (exact) mass is 530 g/mol. The van der Waals surface area contributed by atoms with Crippen molar-refractivity contribution in [3.8, 4) is 0 Å². The van der Waals surface area contributed by atoms with Gasteiger partial charge in [-0.2, -0.15) is 0 Å². The van der Waals surface area contributed by atoms with Gasteiger partial charge in [-0.25, -0.2) is 0 Å². The van der Waals surface area contributed by atoms with Crippen LogP contribution >= 0.6 is 0 Å². The third kappa shape index (κ3) is 34.3. The fourth-order valence-electron chi connectivity index (χ4n) is 0.717. The van der Waals surface area contributed by atoms with Gasteiger partial charge in [0.05, 0.1) is 24.1 Å². The summed E-state index contributed by atoms with van der Waals surface area (Å²) in [6.07, 6.45) is -9.03. The van der Waals surface area contributed by atoms with E-state index in [1.165, 1.54) is 0 Å².